The molecule has 0 bridgehead atoms. The maximum absolute atomic E-state index is 13.0. The van der Waals surface area contributed by atoms with Crippen molar-refractivity contribution in [3.05, 3.63) is 47.1 Å². The fourth-order valence-electron chi connectivity index (χ4n) is 2.73. The minimum atomic E-state index is -3.83. The van der Waals surface area contributed by atoms with Gasteiger partial charge in [-0.05, 0) is 23.8 Å². The second-order valence-corrected chi connectivity index (χ2v) is 8.20. The summed E-state index contributed by atoms with van der Waals surface area (Å²) < 4.78 is 37.2. The molecule has 10 heteroatoms. The third kappa shape index (κ3) is 4.00. The maximum Gasteiger partial charge on any atom is 0.325 e. The van der Waals surface area contributed by atoms with Gasteiger partial charge in [-0.25, -0.2) is 13.4 Å². The van der Waals surface area contributed by atoms with Crippen molar-refractivity contribution in [1.82, 2.24) is 9.29 Å². The Balaban J connectivity index is 1.97. The third-order valence-corrected chi connectivity index (χ3v) is 6.10. The van der Waals surface area contributed by atoms with Crippen LogP contribution in [0.3, 0.4) is 0 Å². The Morgan fingerprint density at radius 2 is 1.96 bits per heavy atom. The van der Waals surface area contributed by atoms with Gasteiger partial charge in [0.25, 0.3) is 0 Å². The first-order chi connectivity index (χ1) is 12.8. The molecule has 0 spiro atoms. The zero-order valence-corrected chi connectivity index (χ0v) is 16.3. The number of nitrogens with zero attached hydrogens (tertiary/aromatic N) is 3. The summed E-state index contributed by atoms with van der Waals surface area (Å²) in [5, 5.41) is 0.196. The van der Waals surface area contributed by atoms with Gasteiger partial charge in [-0.1, -0.05) is 23.7 Å². The Hall–Kier alpha value is -2.36. The fraction of sp³-hybridized carbons (Fsp3) is 0.294. The number of benzene rings is 1. The molecule has 2 aromatic rings. The molecule has 1 aromatic heterocycles. The number of sulfonamides is 1. The number of anilines is 1. The van der Waals surface area contributed by atoms with E-state index in [4.69, 9.17) is 21.1 Å². The molecule has 2 heterocycles. The number of aromatic nitrogens is 1. The van der Waals surface area contributed by atoms with E-state index in [-0.39, 0.29) is 35.5 Å². The topological polar surface area (TPSA) is 89.0 Å². The van der Waals surface area contributed by atoms with Crippen LogP contribution in [0.25, 0.3) is 0 Å². The van der Waals surface area contributed by atoms with Gasteiger partial charge in [-0.3, -0.25) is 4.79 Å². The molecule has 0 amide bonds. The molecule has 144 valence electrons. The quantitative estimate of drug-likeness (QED) is 0.694. The second kappa shape index (κ2) is 7.71. The summed E-state index contributed by atoms with van der Waals surface area (Å²) in [6.07, 6.45) is 1.35. The number of fused-ring (bicyclic) bond motifs is 1. The summed E-state index contributed by atoms with van der Waals surface area (Å²) in [4.78, 5) is 17.4. The van der Waals surface area contributed by atoms with Crippen LogP contribution in [-0.4, -0.2) is 51.1 Å². The van der Waals surface area contributed by atoms with Crippen molar-refractivity contribution >= 4 is 33.4 Å². The lowest BCUT2D eigenvalue weighted by molar-refractivity contribution is -0.139. The molecule has 1 aliphatic heterocycles. The first-order valence-corrected chi connectivity index (χ1v) is 9.77. The molecule has 0 unspecified atom stereocenters. The normalized spacial score (nSPS) is 15.9. The Morgan fingerprint density at radius 1 is 1.26 bits per heavy atom. The van der Waals surface area contributed by atoms with E-state index in [1.54, 1.807) is 36.3 Å². The smallest absolute Gasteiger partial charge is 0.325 e. The monoisotopic (exact) mass is 411 g/mol. The number of hydrogen-bond donors (Lipinski definition) is 0. The van der Waals surface area contributed by atoms with Crippen molar-refractivity contribution in [2.45, 2.75) is 11.4 Å². The highest BCUT2D eigenvalue weighted by molar-refractivity contribution is 7.89. The number of rotatable bonds is 5. The summed E-state index contributed by atoms with van der Waals surface area (Å²) in [6.45, 7) is -0.0478. The van der Waals surface area contributed by atoms with Gasteiger partial charge in [0.1, 0.15) is 23.0 Å². The molecule has 0 aliphatic carbocycles. The van der Waals surface area contributed by atoms with E-state index in [0.29, 0.717) is 5.75 Å². The Morgan fingerprint density at radius 3 is 2.59 bits per heavy atom. The molecule has 0 radical (unpaired) electrons. The molecule has 3 rings (SSSR count). The van der Waals surface area contributed by atoms with Gasteiger partial charge in [-0.15, -0.1) is 0 Å². The van der Waals surface area contributed by atoms with Crippen molar-refractivity contribution in [3.63, 3.8) is 0 Å². The minimum Gasteiger partial charge on any atom is -0.497 e. The molecule has 0 saturated heterocycles. The Kier molecular flexibility index (Phi) is 5.54. The number of pyridine rings is 1. The van der Waals surface area contributed by atoms with Gasteiger partial charge >= 0.3 is 5.97 Å². The molecule has 0 saturated carbocycles. The molecule has 0 N–H and O–H groups in total. The highest BCUT2D eigenvalue weighted by Crippen LogP contribution is 2.34. The zero-order valence-electron chi connectivity index (χ0n) is 14.8. The highest BCUT2D eigenvalue weighted by atomic mass is 35.5. The molecule has 0 atom stereocenters. The predicted molar refractivity (Wildman–Crippen MR) is 99.2 cm³/mol. The van der Waals surface area contributed by atoms with Crippen LogP contribution in [0.15, 0.2) is 41.4 Å². The summed E-state index contributed by atoms with van der Waals surface area (Å²) in [5.41, 5.74) is 0.774. The molecule has 27 heavy (non-hydrogen) atoms. The summed E-state index contributed by atoms with van der Waals surface area (Å²) in [7, 11) is -1.00. The second-order valence-electron chi connectivity index (χ2n) is 5.85. The zero-order chi connectivity index (χ0) is 19.6. The van der Waals surface area contributed by atoms with Gasteiger partial charge in [0, 0.05) is 12.7 Å². The van der Waals surface area contributed by atoms with Crippen LogP contribution in [0, 0.1) is 0 Å². The minimum absolute atomic E-state index is 0.0366. The summed E-state index contributed by atoms with van der Waals surface area (Å²) >= 11 is 5.96. The lowest BCUT2D eigenvalue weighted by Gasteiger charge is -2.36. The molecule has 8 nitrogen and oxygen atoms in total. The number of methoxy groups -OCH3 is 2. The number of carbonyl (C=O) groups excluding carboxylic acids is 1. The lowest BCUT2D eigenvalue weighted by atomic mass is 10.2. The van der Waals surface area contributed by atoms with Crippen LogP contribution < -0.4 is 9.64 Å². The van der Waals surface area contributed by atoms with Crippen molar-refractivity contribution in [2.24, 2.45) is 0 Å². The van der Waals surface area contributed by atoms with Crippen molar-refractivity contribution in [1.29, 1.82) is 0 Å². The van der Waals surface area contributed by atoms with Crippen molar-refractivity contribution in [3.8, 4) is 5.75 Å². The fourth-order valence-corrected chi connectivity index (χ4v) is 4.53. The summed E-state index contributed by atoms with van der Waals surface area (Å²) in [6, 6.07) is 8.41. The predicted octanol–water partition coefficient (Wildman–Crippen LogP) is 1.88. The largest absolute Gasteiger partial charge is 0.497 e. The van der Waals surface area contributed by atoms with E-state index in [1.807, 2.05) is 0 Å². The van der Waals surface area contributed by atoms with Crippen LogP contribution in [0.5, 0.6) is 5.75 Å². The standard InChI is InChI=1S/C17H18ClN3O5S/c1-25-14-5-3-12(4-6-14)9-21-11-20(10-16(22)26-2)17-15(27(21,23)24)7-13(18)8-19-17/h3-8H,9-11H2,1-2H3. The molecule has 1 aromatic carbocycles. The first-order valence-electron chi connectivity index (χ1n) is 7.95. The Labute approximate surface area is 162 Å². The van der Waals surface area contributed by atoms with E-state index in [2.05, 4.69) is 4.98 Å². The van der Waals surface area contributed by atoms with Crippen LogP contribution in [0.1, 0.15) is 5.56 Å². The van der Waals surface area contributed by atoms with E-state index in [0.717, 1.165) is 5.56 Å². The summed E-state index contributed by atoms with van der Waals surface area (Å²) in [5.74, 6) is 0.353. The average Bonchev–Trinajstić information content (AvgIpc) is 2.66. The van der Waals surface area contributed by atoms with Gasteiger partial charge < -0.3 is 14.4 Å². The first kappa shape index (κ1) is 19.4. The van der Waals surface area contributed by atoms with Crippen LogP contribution in [0.4, 0.5) is 5.82 Å². The van der Waals surface area contributed by atoms with E-state index in [1.165, 1.54) is 23.7 Å². The van der Waals surface area contributed by atoms with E-state index in [9.17, 15) is 13.2 Å². The molecule has 1 aliphatic rings. The van der Waals surface area contributed by atoms with Gasteiger partial charge in [0.15, 0.2) is 0 Å². The van der Waals surface area contributed by atoms with E-state index < -0.39 is 16.0 Å². The van der Waals surface area contributed by atoms with Gasteiger partial charge in [-0.2, -0.15) is 4.31 Å². The van der Waals surface area contributed by atoms with Gasteiger partial charge in [0.2, 0.25) is 10.0 Å². The molecular formula is C17H18ClN3O5S. The number of carbonyl (C=O) groups is 1. The SMILES string of the molecule is COC(=O)CN1CN(Cc2ccc(OC)cc2)S(=O)(=O)c2cc(Cl)cnc21. The van der Waals surface area contributed by atoms with Crippen molar-refractivity contribution in [2.75, 3.05) is 32.3 Å². The van der Waals surface area contributed by atoms with Crippen molar-refractivity contribution < 1.29 is 22.7 Å². The average molecular weight is 412 g/mol. The number of esters is 1. The molecular weight excluding hydrogens is 394 g/mol. The van der Waals surface area contributed by atoms with Crippen LogP contribution in [0.2, 0.25) is 5.02 Å². The van der Waals surface area contributed by atoms with Crippen LogP contribution in [-0.2, 0) is 26.1 Å². The number of ether oxygens (including phenoxy) is 2. The van der Waals surface area contributed by atoms with Crippen LogP contribution >= 0.6 is 11.6 Å². The number of hydrogen-bond acceptors (Lipinski definition) is 7. The number of halogens is 1. The Bertz CT molecular complexity index is 950. The van der Waals surface area contributed by atoms with Gasteiger partial charge in [0.05, 0.1) is 25.9 Å². The van der Waals surface area contributed by atoms with E-state index >= 15 is 0 Å². The highest BCUT2D eigenvalue weighted by Gasteiger charge is 2.37. The lowest BCUT2D eigenvalue weighted by Crippen LogP contribution is -2.48. The maximum atomic E-state index is 13.0. The third-order valence-electron chi connectivity index (χ3n) is 4.11. The molecule has 0 fully saturated rings.